The van der Waals surface area contributed by atoms with Gasteiger partial charge in [0.2, 0.25) is 0 Å². The molecule has 1 amide bonds. The molecule has 2 bridgehead atoms. The van der Waals surface area contributed by atoms with Crippen molar-refractivity contribution in [3.63, 3.8) is 0 Å². The molecule has 3 saturated heterocycles. The van der Waals surface area contributed by atoms with Crippen LogP contribution in [0.4, 0.5) is 0 Å². The van der Waals surface area contributed by atoms with Crippen molar-refractivity contribution in [2.75, 3.05) is 19.6 Å². The number of rotatable bonds is 4. The Balaban J connectivity index is 1.49. The molecule has 2 aromatic heterocycles. The summed E-state index contributed by atoms with van der Waals surface area (Å²) in [5.74, 6) is 0.835. The van der Waals surface area contributed by atoms with Gasteiger partial charge in [-0.3, -0.25) is 9.69 Å². The van der Waals surface area contributed by atoms with Gasteiger partial charge in [-0.2, -0.15) is 0 Å². The van der Waals surface area contributed by atoms with Crippen molar-refractivity contribution < 1.29 is 4.79 Å². The van der Waals surface area contributed by atoms with E-state index in [0.29, 0.717) is 12.0 Å². The third-order valence-corrected chi connectivity index (χ3v) is 6.99. The van der Waals surface area contributed by atoms with Crippen molar-refractivity contribution in [1.29, 1.82) is 0 Å². The largest absolute Gasteiger partial charge is 0.333 e. The van der Waals surface area contributed by atoms with E-state index in [0.717, 1.165) is 49.6 Å². The molecule has 0 spiro atoms. The number of carbonyl (C=O) groups excluding carboxylic acids is 1. The van der Waals surface area contributed by atoms with Crippen LogP contribution in [0.3, 0.4) is 0 Å². The quantitative estimate of drug-likeness (QED) is 0.836. The van der Waals surface area contributed by atoms with Crippen LogP contribution in [0.2, 0.25) is 0 Å². The number of thiophene rings is 1. The molecule has 3 fully saturated rings. The van der Waals surface area contributed by atoms with E-state index in [4.69, 9.17) is 0 Å². The van der Waals surface area contributed by atoms with E-state index in [2.05, 4.69) is 33.2 Å². The molecule has 0 unspecified atom stereocenters. The Hall–Kier alpha value is -1.24. The Morgan fingerprint density at radius 3 is 2.96 bits per heavy atom. The van der Waals surface area contributed by atoms with Gasteiger partial charge < -0.3 is 4.90 Å². The fraction of sp³-hybridized carbons (Fsp3) is 0.556. The minimum Gasteiger partial charge on any atom is -0.333 e. The van der Waals surface area contributed by atoms with Crippen LogP contribution in [0.25, 0.3) is 0 Å². The van der Waals surface area contributed by atoms with Gasteiger partial charge >= 0.3 is 0 Å². The van der Waals surface area contributed by atoms with Crippen LogP contribution in [0.1, 0.15) is 40.0 Å². The molecule has 0 aromatic carbocycles. The van der Waals surface area contributed by atoms with Crippen molar-refractivity contribution in [2.24, 2.45) is 5.92 Å². The number of carbonyl (C=O) groups is 1. The Kier molecular flexibility index (Phi) is 4.70. The minimum absolute atomic E-state index is 0.241. The summed E-state index contributed by atoms with van der Waals surface area (Å²) in [5, 5.41) is 2.13. The van der Waals surface area contributed by atoms with Crippen LogP contribution in [0.5, 0.6) is 0 Å². The van der Waals surface area contributed by atoms with Crippen molar-refractivity contribution in [2.45, 2.75) is 38.8 Å². The maximum Gasteiger partial charge on any atom is 0.264 e. The highest BCUT2D eigenvalue weighted by atomic mass is 32.1. The third kappa shape index (κ3) is 3.27. The minimum atomic E-state index is 0.241. The first-order valence-corrected chi connectivity index (χ1v) is 10.5. The fourth-order valence-corrected chi connectivity index (χ4v) is 5.38. The first-order valence-electron chi connectivity index (χ1n) is 8.72. The number of aromatic nitrogens is 1. The molecule has 0 N–H and O–H groups in total. The molecule has 3 aliphatic heterocycles. The van der Waals surface area contributed by atoms with Crippen molar-refractivity contribution >= 4 is 28.6 Å². The van der Waals surface area contributed by atoms with Crippen LogP contribution >= 0.6 is 22.7 Å². The summed E-state index contributed by atoms with van der Waals surface area (Å²) in [6, 6.07) is 4.46. The highest BCUT2D eigenvalue weighted by Gasteiger charge is 2.37. The molecular formula is C18H23N3OS2. The summed E-state index contributed by atoms with van der Waals surface area (Å²) in [7, 11) is 0. The van der Waals surface area contributed by atoms with E-state index < -0.39 is 0 Å². The smallest absolute Gasteiger partial charge is 0.264 e. The van der Waals surface area contributed by atoms with Gasteiger partial charge in [-0.1, -0.05) is 6.92 Å². The summed E-state index contributed by atoms with van der Waals surface area (Å²) in [6.07, 6.45) is 3.38. The maximum absolute atomic E-state index is 13.0. The average Bonchev–Trinajstić information content (AvgIpc) is 3.20. The monoisotopic (exact) mass is 361 g/mol. The number of hydrogen-bond donors (Lipinski definition) is 0. The van der Waals surface area contributed by atoms with E-state index in [1.807, 2.05) is 11.6 Å². The van der Waals surface area contributed by atoms with Gasteiger partial charge in [-0.15, -0.1) is 22.7 Å². The molecule has 3 aliphatic rings. The summed E-state index contributed by atoms with van der Waals surface area (Å²) >= 11 is 3.32. The first-order chi connectivity index (χ1) is 11.7. The van der Waals surface area contributed by atoms with E-state index in [1.54, 1.807) is 22.7 Å². The normalized spacial score (nSPS) is 24.3. The van der Waals surface area contributed by atoms with Crippen LogP contribution < -0.4 is 0 Å². The van der Waals surface area contributed by atoms with Gasteiger partial charge in [-0.25, -0.2) is 4.98 Å². The zero-order valence-electron chi connectivity index (χ0n) is 14.0. The van der Waals surface area contributed by atoms with Gasteiger partial charge in [0, 0.05) is 42.5 Å². The van der Waals surface area contributed by atoms with Gasteiger partial charge in [-0.05, 0) is 37.3 Å². The van der Waals surface area contributed by atoms with Gasteiger partial charge in [0.15, 0.2) is 0 Å². The Labute approximate surface area is 151 Å². The standard InChI is InChI=1S/C18H23N3OS2/c1-2-16-5-6-17(24-16)18(22)21-8-13-3-4-15(21)10-20(7-13)9-14-11-23-12-19-14/h5-6,11-13,15H,2-4,7-10H2,1H3/t13-,15+/m1/s1. The number of amides is 1. The topological polar surface area (TPSA) is 36.4 Å². The van der Waals surface area contributed by atoms with Crippen molar-refractivity contribution in [3.05, 3.63) is 38.5 Å². The van der Waals surface area contributed by atoms with Crippen molar-refractivity contribution in [3.8, 4) is 0 Å². The highest BCUT2D eigenvalue weighted by Crippen LogP contribution is 2.31. The summed E-state index contributed by atoms with van der Waals surface area (Å²) < 4.78 is 0. The van der Waals surface area contributed by atoms with Gasteiger partial charge in [0.1, 0.15) is 0 Å². The number of thiazole rings is 1. The van der Waals surface area contributed by atoms with Gasteiger partial charge in [0.05, 0.1) is 16.1 Å². The molecule has 6 heteroatoms. The predicted octanol–water partition coefficient (Wildman–Crippen LogP) is 3.50. The lowest BCUT2D eigenvalue weighted by molar-refractivity contribution is 0.0590. The molecule has 2 atom stereocenters. The molecular weight excluding hydrogens is 338 g/mol. The second-order valence-corrected chi connectivity index (χ2v) is 8.74. The van der Waals surface area contributed by atoms with Crippen molar-refractivity contribution in [1.82, 2.24) is 14.8 Å². The average molecular weight is 362 g/mol. The highest BCUT2D eigenvalue weighted by molar-refractivity contribution is 7.14. The zero-order valence-corrected chi connectivity index (χ0v) is 15.6. The second kappa shape index (κ2) is 6.94. The number of aryl methyl sites for hydroxylation is 1. The van der Waals surface area contributed by atoms with E-state index in [-0.39, 0.29) is 5.91 Å². The lowest BCUT2D eigenvalue weighted by Crippen LogP contribution is -2.47. The fourth-order valence-electron chi connectivity index (χ4n) is 3.93. The molecule has 5 heterocycles. The zero-order chi connectivity index (χ0) is 16.5. The van der Waals surface area contributed by atoms with E-state index in [1.165, 1.54) is 11.3 Å². The predicted molar refractivity (Wildman–Crippen MR) is 98.6 cm³/mol. The number of hydrogen-bond acceptors (Lipinski definition) is 5. The number of nitrogens with zero attached hydrogens (tertiary/aromatic N) is 3. The Morgan fingerprint density at radius 1 is 1.29 bits per heavy atom. The van der Waals surface area contributed by atoms with Gasteiger partial charge in [0.25, 0.3) is 5.91 Å². The lowest BCUT2D eigenvalue weighted by Gasteiger charge is -2.36. The molecule has 5 rings (SSSR count). The number of fused-ring (bicyclic) bond motifs is 4. The molecule has 128 valence electrons. The second-order valence-electron chi connectivity index (χ2n) is 6.85. The molecule has 0 aliphatic carbocycles. The summed E-state index contributed by atoms with van der Waals surface area (Å²) in [6.45, 7) is 6.03. The molecule has 24 heavy (non-hydrogen) atoms. The van der Waals surface area contributed by atoms with Crippen LogP contribution in [-0.2, 0) is 13.0 Å². The lowest BCUT2D eigenvalue weighted by atomic mass is 9.95. The summed E-state index contributed by atoms with van der Waals surface area (Å²) in [4.78, 5) is 24.3. The third-order valence-electron chi connectivity index (χ3n) is 5.14. The molecule has 4 nitrogen and oxygen atoms in total. The Morgan fingerprint density at radius 2 is 2.21 bits per heavy atom. The SMILES string of the molecule is CCc1ccc(C(=O)N2C[C@@H]3CC[C@H]2CN(Cc2cscn2)C3)s1. The molecule has 0 saturated carbocycles. The maximum atomic E-state index is 13.0. The van der Waals surface area contributed by atoms with E-state index in [9.17, 15) is 4.79 Å². The molecule has 2 aromatic rings. The van der Waals surface area contributed by atoms with E-state index >= 15 is 0 Å². The number of piperidine rings is 1. The van der Waals surface area contributed by atoms with Crippen LogP contribution in [0, 0.1) is 5.92 Å². The summed E-state index contributed by atoms with van der Waals surface area (Å²) in [5.41, 5.74) is 3.06. The Bertz CT molecular complexity index is 697. The first kappa shape index (κ1) is 16.2. The van der Waals surface area contributed by atoms with Crippen LogP contribution in [-0.4, -0.2) is 46.4 Å². The van der Waals surface area contributed by atoms with Crippen LogP contribution in [0.15, 0.2) is 23.0 Å². The molecule has 0 radical (unpaired) electrons.